The summed E-state index contributed by atoms with van der Waals surface area (Å²) in [6, 6.07) is 6.82. The van der Waals surface area contributed by atoms with Gasteiger partial charge in [0.05, 0.1) is 16.8 Å². The molecule has 0 aliphatic carbocycles. The molecule has 1 atom stereocenters. The Labute approximate surface area is 176 Å². The minimum Gasteiger partial charge on any atom is -0.369 e. The highest BCUT2D eigenvalue weighted by atomic mass is 19.1. The van der Waals surface area contributed by atoms with Crippen LogP contribution in [0.1, 0.15) is 12.0 Å². The maximum Gasteiger partial charge on any atom is 0.153 e. The van der Waals surface area contributed by atoms with Gasteiger partial charge in [0.15, 0.2) is 5.82 Å². The van der Waals surface area contributed by atoms with Gasteiger partial charge in [0.2, 0.25) is 0 Å². The quantitative estimate of drug-likeness (QED) is 0.507. The minimum atomic E-state index is -0.743. The number of nitrogens with zero attached hydrogens (tertiary/aromatic N) is 3. The van der Waals surface area contributed by atoms with Gasteiger partial charge in [-0.2, -0.15) is 0 Å². The Kier molecular flexibility index (Phi) is 4.66. The van der Waals surface area contributed by atoms with Gasteiger partial charge in [-0.15, -0.1) is 0 Å². The fraction of sp³-hybridized carbons (Fsp3) is 0.217. The Morgan fingerprint density at radius 2 is 1.81 bits per heavy atom. The second-order valence-corrected chi connectivity index (χ2v) is 7.96. The molecule has 1 unspecified atom stereocenters. The molecule has 0 radical (unpaired) electrons. The van der Waals surface area contributed by atoms with Crippen molar-refractivity contribution in [3.63, 3.8) is 0 Å². The maximum atomic E-state index is 14.3. The van der Waals surface area contributed by atoms with E-state index in [0.717, 1.165) is 29.3 Å². The minimum absolute atomic E-state index is 0.00493. The Bertz CT molecular complexity index is 1280. The van der Waals surface area contributed by atoms with Gasteiger partial charge in [-0.3, -0.25) is 4.98 Å². The van der Waals surface area contributed by atoms with Crippen LogP contribution in [0.2, 0.25) is 0 Å². The van der Waals surface area contributed by atoms with Gasteiger partial charge >= 0.3 is 0 Å². The Hall–Kier alpha value is -3.39. The first-order valence-corrected chi connectivity index (χ1v) is 10.0. The number of aromatic amines is 1. The van der Waals surface area contributed by atoms with Gasteiger partial charge < -0.3 is 15.6 Å². The zero-order valence-corrected chi connectivity index (χ0v) is 16.8. The third-order valence-corrected chi connectivity index (χ3v) is 5.57. The smallest absolute Gasteiger partial charge is 0.153 e. The number of halogens is 3. The lowest BCUT2D eigenvalue weighted by Crippen LogP contribution is -2.27. The molecule has 4 aromatic rings. The number of anilines is 1. The van der Waals surface area contributed by atoms with Gasteiger partial charge in [-0.05, 0) is 42.7 Å². The van der Waals surface area contributed by atoms with E-state index in [1.807, 2.05) is 13.0 Å². The highest BCUT2D eigenvalue weighted by molar-refractivity contribution is 5.91. The molecule has 8 heteroatoms. The number of aryl methyl sites for hydroxylation is 1. The summed E-state index contributed by atoms with van der Waals surface area (Å²) in [7, 11) is 0. The van der Waals surface area contributed by atoms with Crippen molar-refractivity contribution in [2.24, 2.45) is 5.73 Å². The Morgan fingerprint density at radius 3 is 2.55 bits per heavy atom. The molecule has 5 nitrogen and oxygen atoms in total. The average Bonchev–Trinajstić information content (AvgIpc) is 3.33. The van der Waals surface area contributed by atoms with Crippen LogP contribution in [0.4, 0.5) is 18.9 Å². The number of rotatable bonds is 3. The van der Waals surface area contributed by atoms with E-state index in [4.69, 9.17) is 5.73 Å². The van der Waals surface area contributed by atoms with Crippen molar-refractivity contribution in [2.45, 2.75) is 19.4 Å². The monoisotopic (exact) mass is 423 g/mol. The largest absolute Gasteiger partial charge is 0.369 e. The lowest BCUT2D eigenvalue weighted by molar-refractivity contribution is 0.590. The highest BCUT2D eigenvalue weighted by Crippen LogP contribution is 2.40. The summed E-state index contributed by atoms with van der Waals surface area (Å²) in [6.45, 7) is 3.15. The summed E-state index contributed by atoms with van der Waals surface area (Å²) in [5.41, 5.74) is 10.0. The van der Waals surface area contributed by atoms with Gasteiger partial charge in [0.25, 0.3) is 0 Å². The normalized spacial score (nSPS) is 16.4. The number of benzene rings is 2. The Balaban J connectivity index is 1.75. The fourth-order valence-electron chi connectivity index (χ4n) is 4.23. The van der Waals surface area contributed by atoms with E-state index in [1.54, 1.807) is 12.4 Å². The predicted molar refractivity (Wildman–Crippen MR) is 114 cm³/mol. The van der Waals surface area contributed by atoms with E-state index in [9.17, 15) is 13.2 Å². The molecule has 1 fully saturated rings. The van der Waals surface area contributed by atoms with Crippen LogP contribution in [-0.2, 0) is 0 Å². The number of fused-ring (bicyclic) bond motifs is 1. The lowest BCUT2D eigenvalue weighted by Gasteiger charge is -2.24. The van der Waals surface area contributed by atoms with Crippen LogP contribution in [0.3, 0.4) is 0 Å². The van der Waals surface area contributed by atoms with Crippen molar-refractivity contribution in [1.29, 1.82) is 0 Å². The number of nitrogens with one attached hydrogen (secondary N) is 1. The third kappa shape index (κ3) is 3.53. The number of H-pyrrole nitrogens is 1. The third-order valence-electron chi connectivity index (χ3n) is 5.57. The van der Waals surface area contributed by atoms with Crippen LogP contribution in [-0.4, -0.2) is 34.1 Å². The topological polar surface area (TPSA) is 70.8 Å². The van der Waals surface area contributed by atoms with Gasteiger partial charge in [-0.25, -0.2) is 18.2 Å². The number of nitrogens with two attached hydrogens (primary N) is 1. The maximum absolute atomic E-state index is 14.3. The molecule has 3 N–H and O–H groups in total. The molecule has 1 saturated heterocycles. The van der Waals surface area contributed by atoms with Crippen LogP contribution in [0.25, 0.3) is 33.5 Å². The molecule has 0 spiro atoms. The molecule has 158 valence electrons. The molecule has 1 aliphatic heterocycles. The first kappa shape index (κ1) is 19.6. The number of pyridine rings is 1. The van der Waals surface area contributed by atoms with Gasteiger partial charge in [0, 0.05) is 43.2 Å². The SMILES string of the molecule is Cc1cc(F)cc(-c2cncc(-c3nc4c(F)cc(F)cc4[nH]3)c2N2CCC(N)C2)c1. The highest BCUT2D eigenvalue weighted by Gasteiger charge is 2.27. The fourth-order valence-corrected chi connectivity index (χ4v) is 4.23. The number of hydrogen-bond donors (Lipinski definition) is 2. The zero-order chi connectivity index (χ0) is 21.7. The summed E-state index contributed by atoms with van der Waals surface area (Å²) >= 11 is 0. The predicted octanol–water partition coefficient (Wildman–Crippen LogP) is 4.56. The van der Waals surface area contributed by atoms with E-state index >= 15 is 0 Å². The van der Waals surface area contributed by atoms with Crippen molar-refractivity contribution in [3.8, 4) is 22.5 Å². The molecule has 0 amide bonds. The van der Waals surface area contributed by atoms with Crippen LogP contribution in [0, 0.1) is 24.4 Å². The lowest BCUT2D eigenvalue weighted by atomic mass is 10.00. The van der Waals surface area contributed by atoms with Crippen molar-refractivity contribution >= 4 is 16.7 Å². The molecular formula is C23H20F3N5. The van der Waals surface area contributed by atoms with Gasteiger partial charge in [-0.1, -0.05) is 6.07 Å². The molecule has 5 rings (SSSR count). The van der Waals surface area contributed by atoms with Crippen molar-refractivity contribution in [3.05, 3.63) is 65.7 Å². The number of imidazole rings is 1. The van der Waals surface area contributed by atoms with E-state index in [-0.39, 0.29) is 22.9 Å². The summed E-state index contributed by atoms with van der Waals surface area (Å²) < 4.78 is 42.1. The van der Waals surface area contributed by atoms with E-state index in [0.29, 0.717) is 30.0 Å². The van der Waals surface area contributed by atoms with Crippen molar-refractivity contribution in [2.75, 3.05) is 18.0 Å². The summed E-state index contributed by atoms with van der Waals surface area (Å²) in [4.78, 5) is 13.8. The van der Waals surface area contributed by atoms with Crippen LogP contribution in [0.5, 0.6) is 0 Å². The molecule has 2 aromatic carbocycles. The van der Waals surface area contributed by atoms with Crippen LogP contribution < -0.4 is 10.6 Å². The van der Waals surface area contributed by atoms with E-state index in [2.05, 4.69) is 19.9 Å². The molecule has 3 heterocycles. The van der Waals surface area contributed by atoms with Crippen molar-refractivity contribution < 1.29 is 13.2 Å². The molecular weight excluding hydrogens is 403 g/mol. The standard InChI is InChI=1S/C23H20F3N5/c1-12-4-13(6-14(24)5-12)17-9-28-10-18(22(17)31-3-2-16(27)11-31)23-29-20-8-15(25)7-19(26)21(20)30-23/h4-10,16H,2-3,11,27H2,1H3,(H,29,30). The Morgan fingerprint density at radius 1 is 1.03 bits per heavy atom. The molecule has 31 heavy (non-hydrogen) atoms. The summed E-state index contributed by atoms with van der Waals surface area (Å²) in [5, 5.41) is 0. The number of hydrogen-bond acceptors (Lipinski definition) is 4. The van der Waals surface area contributed by atoms with E-state index in [1.165, 1.54) is 18.2 Å². The van der Waals surface area contributed by atoms with E-state index < -0.39 is 11.6 Å². The zero-order valence-electron chi connectivity index (χ0n) is 16.8. The number of aromatic nitrogens is 3. The van der Waals surface area contributed by atoms with Crippen molar-refractivity contribution in [1.82, 2.24) is 15.0 Å². The molecule has 2 aromatic heterocycles. The second-order valence-electron chi connectivity index (χ2n) is 7.96. The molecule has 1 aliphatic rings. The molecule has 0 bridgehead atoms. The first-order valence-electron chi connectivity index (χ1n) is 10.0. The van der Waals surface area contributed by atoms with Crippen LogP contribution in [0.15, 0.2) is 42.7 Å². The second kappa shape index (κ2) is 7.39. The summed E-state index contributed by atoms with van der Waals surface area (Å²) in [6.07, 6.45) is 4.12. The molecule has 0 saturated carbocycles. The summed E-state index contributed by atoms with van der Waals surface area (Å²) in [5.74, 6) is -1.41. The average molecular weight is 423 g/mol. The first-order chi connectivity index (χ1) is 14.9. The van der Waals surface area contributed by atoms with Crippen LogP contribution >= 0.6 is 0 Å². The van der Waals surface area contributed by atoms with Gasteiger partial charge in [0.1, 0.15) is 23.0 Å².